The molecule has 0 saturated heterocycles. The molecule has 5 heteroatoms. The maximum atomic E-state index is 11.5. The number of rotatable bonds is 0. The Bertz CT molecular complexity index is 711. The Morgan fingerprint density at radius 1 is 1.27 bits per heavy atom. The van der Waals surface area contributed by atoms with Gasteiger partial charge in [0.05, 0.1) is 17.2 Å². The van der Waals surface area contributed by atoms with Crippen LogP contribution in [0.15, 0.2) is 35.3 Å². The normalized spacial score (nSPS) is 11.2. The van der Waals surface area contributed by atoms with Gasteiger partial charge < -0.3 is 5.11 Å². The Balaban J connectivity index is 2.71. The van der Waals surface area contributed by atoms with Crippen LogP contribution in [0.1, 0.15) is 0 Å². The number of benzene rings is 1. The van der Waals surface area contributed by atoms with Gasteiger partial charge in [-0.15, -0.1) is 0 Å². The predicted molar refractivity (Wildman–Crippen MR) is 55.0 cm³/mol. The summed E-state index contributed by atoms with van der Waals surface area (Å²) in [6.45, 7) is 0. The minimum Gasteiger partial charge on any atom is -0.493 e. The predicted octanol–water partition coefficient (Wildman–Crippen LogP) is 0.881. The lowest BCUT2D eigenvalue weighted by molar-refractivity contribution is 0.461. The minimum atomic E-state index is -0.360. The zero-order valence-corrected chi connectivity index (χ0v) is 7.64. The number of aromatic nitrogens is 3. The molecule has 15 heavy (non-hydrogen) atoms. The van der Waals surface area contributed by atoms with Crippen LogP contribution in [-0.2, 0) is 0 Å². The van der Waals surface area contributed by atoms with E-state index in [0.29, 0.717) is 16.6 Å². The van der Waals surface area contributed by atoms with E-state index in [1.807, 2.05) is 18.2 Å². The van der Waals surface area contributed by atoms with E-state index >= 15 is 0 Å². The summed E-state index contributed by atoms with van der Waals surface area (Å²) in [4.78, 5) is 18.0. The average Bonchev–Trinajstić information content (AvgIpc) is 2.55. The first kappa shape index (κ1) is 8.05. The van der Waals surface area contributed by atoms with Crippen LogP contribution in [-0.4, -0.2) is 19.5 Å². The standard InChI is InChI=1S/C10H7N3O2/c14-9-8-5-11-6-3-1-2-4-7(6)13(8)10(15)12-9/h1-5,14H,(H,12,15). The van der Waals surface area contributed by atoms with Crippen molar-refractivity contribution < 1.29 is 5.11 Å². The molecular formula is C10H7N3O2. The number of imidazole rings is 1. The Hall–Kier alpha value is -2.30. The summed E-state index contributed by atoms with van der Waals surface area (Å²) in [6.07, 6.45) is 1.47. The Morgan fingerprint density at radius 2 is 2.07 bits per heavy atom. The summed E-state index contributed by atoms with van der Waals surface area (Å²) in [5, 5.41) is 9.44. The number of fused-ring (bicyclic) bond motifs is 3. The molecule has 2 heterocycles. The van der Waals surface area contributed by atoms with Crippen molar-refractivity contribution in [2.45, 2.75) is 0 Å². The van der Waals surface area contributed by atoms with Gasteiger partial charge in [0, 0.05) is 0 Å². The zero-order chi connectivity index (χ0) is 10.4. The first-order valence-corrected chi connectivity index (χ1v) is 4.45. The van der Waals surface area contributed by atoms with E-state index in [9.17, 15) is 9.90 Å². The second-order valence-electron chi connectivity index (χ2n) is 3.25. The number of aromatic hydroxyl groups is 1. The molecule has 0 aliphatic rings. The zero-order valence-electron chi connectivity index (χ0n) is 7.64. The number of hydrogen-bond donors (Lipinski definition) is 2. The molecule has 0 atom stereocenters. The van der Waals surface area contributed by atoms with Crippen LogP contribution in [0.25, 0.3) is 16.6 Å². The van der Waals surface area contributed by atoms with Crippen molar-refractivity contribution >= 4 is 16.6 Å². The van der Waals surface area contributed by atoms with Gasteiger partial charge in [-0.25, -0.2) is 4.79 Å². The fourth-order valence-corrected chi connectivity index (χ4v) is 1.69. The number of para-hydroxylation sites is 2. The molecule has 0 radical (unpaired) electrons. The van der Waals surface area contributed by atoms with E-state index in [1.54, 1.807) is 6.07 Å². The van der Waals surface area contributed by atoms with Crippen molar-refractivity contribution in [3.05, 3.63) is 40.9 Å². The lowest BCUT2D eigenvalue weighted by Gasteiger charge is -1.98. The highest BCUT2D eigenvalue weighted by molar-refractivity contribution is 5.79. The topological polar surface area (TPSA) is 70.4 Å². The molecular weight excluding hydrogens is 194 g/mol. The molecule has 2 N–H and O–H groups in total. The van der Waals surface area contributed by atoms with Gasteiger partial charge in [0.2, 0.25) is 5.88 Å². The molecule has 0 fully saturated rings. The van der Waals surface area contributed by atoms with Crippen molar-refractivity contribution in [1.82, 2.24) is 14.4 Å². The van der Waals surface area contributed by atoms with Crippen LogP contribution in [0.5, 0.6) is 5.88 Å². The Labute approximate surface area is 83.6 Å². The van der Waals surface area contributed by atoms with E-state index in [1.165, 1.54) is 10.6 Å². The third kappa shape index (κ3) is 0.969. The molecule has 0 spiro atoms. The molecule has 3 aromatic rings. The van der Waals surface area contributed by atoms with Crippen LogP contribution >= 0.6 is 0 Å². The summed E-state index contributed by atoms with van der Waals surface area (Å²) in [7, 11) is 0. The molecule has 5 nitrogen and oxygen atoms in total. The highest BCUT2D eigenvalue weighted by Crippen LogP contribution is 2.17. The maximum absolute atomic E-state index is 11.5. The number of nitrogens with one attached hydrogen (secondary N) is 1. The SMILES string of the molecule is O=c1[nH]c(O)c2cnc3ccccc3n12. The van der Waals surface area contributed by atoms with Gasteiger partial charge in [-0.3, -0.25) is 14.4 Å². The molecule has 0 aliphatic heterocycles. The fraction of sp³-hybridized carbons (Fsp3) is 0. The third-order valence-electron chi connectivity index (χ3n) is 2.36. The third-order valence-corrected chi connectivity index (χ3v) is 2.36. The second kappa shape index (κ2) is 2.60. The summed E-state index contributed by atoms with van der Waals surface area (Å²) in [6, 6.07) is 7.26. The van der Waals surface area contributed by atoms with Gasteiger partial charge in [-0.2, -0.15) is 0 Å². The summed E-state index contributed by atoms with van der Waals surface area (Å²) in [5.41, 5.74) is 1.42. The first-order chi connectivity index (χ1) is 7.27. The molecule has 74 valence electrons. The molecule has 0 amide bonds. The van der Waals surface area contributed by atoms with Crippen LogP contribution in [0, 0.1) is 0 Å². The highest BCUT2D eigenvalue weighted by Gasteiger charge is 2.08. The van der Waals surface area contributed by atoms with E-state index in [-0.39, 0.29) is 11.6 Å². The maximum Gasteiger partial charge on any atom is 0.333 e. The largest absolute Gasteiger partial charge is 0.493 e. The molecule has 0 bridgehead atoms. The Kier molecular flexibility index (Phi) is 1.39. The first-order valence-electron chi connectivity index (χ1n) is 4.45. The number of aromatic amines is 1. The van der Waals surface area contributed by atoms with Crippen molar-refractivity contribution in [2.75, 3.05) is 0 Å². The van der Waals surface area contributed by atoms with Crippen molar-refractivity contribution in [1.29, 1.82) is 0 Å². The smallest absolute Gasteiger partial charge is 0.333 e. The average molecular weight is 201 g/mol. The van der Waals surface area contributed by atoms with Gasteiger partial charge in [-0.05, 0) is 12.1 Å². The van der Waals surface area contributed by atoms with E-state index in [0.717, 1.165) is 0 Å². The van der Waals surface area contributed by atoms with Crippen molar-refractivity contribution in [3.63, 3.8) is 0 Å². The summed E-state index contributed by atoms with van der Waals surface area (Å²) < 4.78 is 1.40. The molecule has 3 rings (SSSR count). The molecule has 1 aromatic carbocycles. The Morgan fingerprint density at radius 3 is 2.93 bits per heavy atom. The van der Waals surface area contributed by atoms with Gasteiger partial charge in [-0.1, -0.05) is 12.1 Å². The van der Waals surface area contributed by atoms with Crippen LogP contribution in [0.2, 0.25) is 0 Å². The number of nitrogens with zero attached hydrogens (tertiary/aromatic N) is 2. The number of hydrogen-bond acceptors (Lipinski definition) is 3. The summed E-state index contributed by atoms with van der Waals surface area (Å²) in [5.74, 6) is -0.154. The van der Waals surface area contributed by atoms with Crippen LogP contribution in [0.4, 0.5) is 0 Å². The van der Waals surface area contributed by atoms with Gasteiger partial charge >= 0.3 is 5.69 Å². The van der Waals surface area contributed by atoms with Gasteiger partial charge in [0.1, 0.15) is 5.52 Å². The lowest BCUT2D eigenvalue weighted by atomic mass is 10.3. The summed E-state index contributed by atoms with van der Waals surface area (Å²) >= 11 is 0. The van der Waals surface area contributed by atoms with E-state index < -0.39 is 0 Å². The van der Waals surface area contributed by atoms with E-state index in [2.05, 4.69) is 9.97 Å². The second-order valence-corrected chi connectivity index (χ2v) is 3.25. The van der Waals surface area contributed by atoms with Crippen molar-refractivity contribution in [2.24, 2.45) is 0 Å². The van der Waals surface area contributed by atoms with Gasteiger partial charge in [0.25, 0.3) is 0 Å². The van der Waals surface area contributed by atoms with E-state index in [4.69, 9.17) is 0 Å². The van der Waals surface area contributed by atoms with Crippen LogP contribution in [0.3, 0.4) is 0 Å². The molecule has 2 aromatic heterocycles. The monoisotopic (exact) mass is 201 g/mol. The molecule has 0 unspecified atom stereocenters. The number of H-pyrrole nitrogens is 1. The highest BCUT2D eigenvalue weighted by atomic mass is 16.3. The minimum absolute atomic E-state index is 0.154. The molecule has 0 aliphatic carbocycles. The van der Waals surface area contributed by atoms with Gasteiger partial charge in [0.15, 0.2) is 0 Å². The lowest BCUT2D eigenvalue weighted by Crippen LogP contribution is -2.09. The quantitative estimate of drug-likeness (QED) is 0.567. The fourth-order valence-electron chi connectivity index (χ4n) is 1.69. The van der Waals surface area contributed by atoms with Crippen LogP contribution < -0.4 is 5.69 Å². The molecule has 0 saturated carbocycles. The van der Waals surface area contributed by atoms with Crippen molar-refractivity contribution in [3.8, 4) is 5.88 Å².